The lowest BCUT2D eigenvalue weighted by Gasteiger charge is -2.19. The summed E-state index contributed by atoms with van der Waals surface area (Å²) in [7, 11) is -1.30. The second-order valence-electron chi connectivity index (χ2n) is 7.58. The summed E-state index contributed by atoms with van der Waals surface area (Å²) in [6, 6.07) is 10.0. The van der Waals surface area contributed by atoms with Crippen molar-refractivity contribution in [3.63, 3.8) is 0 Å². The Kier molecular flexibility index (Phi) is 5.45. The van der Waals surface area contributed by atoms with Gasteiger partial charge in [-0.15, -0.1) is 0 Å². The quantitative estimate of drug-likeness (QED) is 0.572. The van der Waals surface area contributed by atoms with Crippen molar-refractivity contribution in [2.45, 2.75) is 26.1 Å². The van der Waals surface area contributed by atoms with Crippen LogP contribution < -0.4 is 20.6 Å². The number of rotatable bonds is 6. The molecule has 0 radical (unpaired) electrons. The molecule has 3 aliphatic rings. The van der Waals surface area contributed by atoms with Crippen molar-refractivity contribution >= 4 is 42.5 Å². The van der Waals surface area contributed by atoms with Crippen LogP contribution in [0.5, 0.6) is 5.75 Å². The minimum absolute atomic E-state index is 0.330. The number of ether oxygens (including phenoxy) is 1. The van der Waals surface area contributed by atoms with Crippen LogP contribution in [0.25, 0.3) is 0 Å². The lowest BCUT2D eigenvalue weighted by molar-refractivity contribution is 0.172. The number of hydrogen-bond acceptors (Lipinski definition) is 6. The minimum Gasteiger partial charge on any atom is -0.490 e. The lowest BCUT2D eigenvalue weighted by atomic mass is 9.78. The van der Waals surface area contributed by atoms with Gasteiger partial charge in [-0.25, -0.2) is 0 Å². The van der Waals surface area contributed by atoms with Crippen LogP contribution in [0.15, 0.2) is 30.3 Å². The lowest BCUT2D eigenvalue weighted by Crippen LogP contribution is -2.34. The molecule has 6 nitrogen and oxygen atoms in total. The van der Waals surface area contributed by atoms with Gasteiger partial charge in [-0.1, -0.05) is 17.7 Å². The van der Waals surface area contributed by atoms with E-state index in [0.717, 1.165) is 24.1 Å². The molecule has 0 saturated carbocycles. The van der Waals surface area contributed by atoms with Crippen molar-refractivity contribution in [2.75, 3.05) is 31.2 Å². The minimum atomic E-state index is -0.922. The SMILES string of the molecule is OB1OCc2cc(Cl)c(OCCOB3OCc4ccc(N5CCCC5)cc43)cc21. The number of fused-ring (bicyclic) bond motifs is 2. The molecular weight excluding hydrogens is 391 g/mol. The summed E-state index contributed by atoms with van der Waals surface area (Å²) in [6.07, 6.45) is 2.50. The standard InChI is InChI=1S/C20H22B2ClNO5/c23-19-9-15-13-28-21(25)17(15)11-20(19)26-7-8-27-22-18-10-16(24-5-1-2-6-24)4-3-14(18)12-29-22/h3-4,9-11,25H,1-2,5-8,12-13H2. The smallest absolute Gasteiger partial charge is 0.490 e. The Balaban J connectivity index is 1.19. The van der Waals surface area contributed by atoms with Crippen molar-refractivity contribution < 1.29 is 23.7 Å². The third kappa shape index (κ3) is 3.88. The van der Waals surface area contributed by atoms with E-state index in [1.807, 2.05) is 0 Å². The van der Waals surface area contributed by atoms with Gasteiger partial charge in [-0.2, -0.15) is 0 Å². The fourth-order valence-corrected chi connectivity index (χ4v) is 4.38. The van der Waals surface area contributed by atoms with Crippen molar-refractivity contribution in [2.24, 2.45) is 0 Å². The summed E-state index contributed by atoms with van der Waals surface area (Å²) >= 11 is 6.28. The molecule has 29 heavy (non-hydrogen) atoms. The third-order valence-corrected chi connectivity index (χ3v) is 6.01. The van der Waals surface area contributed by atoms with Gasteiger partial charge in [0.2, 0.25) is 0 Å². The van der Waals surface area contributed by atoms with Crippen LogP contribution in [0.1, 0.15) is 24.0 Å². The molecule has 0 unspecified atom stereocenters. The number of anilines is 1. The molecule has 5 rings (SSSR count). The van der Waals surface area contributed by atoms with E-state index in [4.69, 9.17) is 30.3 Å². The second kappa shape index (κ2) is 8.20. The highest BCUT2D eigenvalue weighted by Crippen LogP contribution is 2.27. The van der Waals surface area contributed by atoms with Gasteiger partial charge in [0.05, 0.1) is 24.8 Å². The van der Waals surface area contributed by atoms with E-state index in [9.17, 15) is 5.02 Å². The van der Waals surface area contributed by atoms with E-state index in [-0.39, 0.29) is 7.12 Å². The molecule has 3 aliphatic heterocycles. The maximum atomic E-state index is 9.84. The van der Waals surface area contributed by atoms with Crippen LogP contribution in [-0.4, -0.2) is 45.6 Å². The van der Waals surface area contributed by atoms with Gasteiger partial charge in [-0.3, -0.25) is 0 Å². The highest BCUT2D eigenvalue weighted by atomic mass is 35.5. The van der Waals surface area contributed by atoms with Gasteiger partial charge < -0.3 is 28.6 Å². The van der Waals surface area contributed by atoms with Crippen LogP contribution in [0, 0.1) is 0 Å². The van der Waals surface area contributed by atoms with Crippen LogP contribution >= 0.6 is 11.6 Å². The Morgan fingerprint density at radius 1 is 1.00 bits per heavy atom. The monoisotopic (exact) mass is 413 g/mol. The van der Waals surface area contributed by atoms with Gasteiger partial charge in [0, 0.05) is 18.8 Å². The van der Waals surface area contributed by atoms with Gasteiger partial charge in [0.15, 0.2) is 0 Å². The van der Waals surface area contributed by atoms with Crippen molar-refractivity contribution in [1.82, 2.24) is 0 Å². The Morgan fingerprint density at radius 3 is 2.69 bits per heavy atom. The molecular formula is C20H22B2ClNO5. The van der Waals surface area contributed by atoms with Crippen molar-refractivity contribution in [1.29, 1.82) is 0 Å². The average Bonchev–Trinajstić information content (AvgIpc) is 3.46. The first-order valence-corrected chi connectivity index (χ1v) is 10.4. The van der Waals surface area contributed by atoms with Gasteiger partial charge in [-0.05, 0) is 59.2 Å². The number of benzene rings is 2. The highest BCUT2D eigenvalue weighted by Gasteiger charge is 2.32. The van der Waals surface area contributed by atoms with Crippen LogP contribution in [0.2, 0.25) is 5.02 Å². The molecule has 0 atom stereocenters. The Bertz CT molecular complexity index is 909. The molecule has 150 valence electrons. The summed E-state index contributed by atoms with van der Waals surface area (Å²) in [5.41, 5.74) is 5.10. The maximum absolute atomic E-state index is 9.84. The topological polar surface area (TPSA) is 60.4 Å². The summed E-state index contributed by atoms with van der Waals surface area (Å²) in [5, 5.41) is 10.3. The fourth-order valence-electron chi connectivity index (χ4n) is 4.14. The number of hydrogen-bond donors (Lipinski definition) is 1. The molecule has 0 bridgehead atoms. The Morgan fingerprint density at radius 2 is 1.83 bits per heavy atom. The number of nitrogens with zero attached hydrogens (tertiary/aromatic N) is 1. The fraction of sp³-hybridized carbons (Fsp3) is 0.400. The van der Waals surface area contributed by atoms with E-state index in [0.29, 0.717) is 42.7 Å². The van der Waals surface area contributed by atoms with Crippen molar-refractivity contribution in [3.05, 3.63) is 46.5 Å². The van der Waals surface area contributed by atoms with Crippen LogP contribution in [0.4, 0.5) is 5.69 Å². The molecule has 1 fully saturated rings. The Labute approximate surface area is 175 Å². The molecule has 0 spiro atoms. The maximum Gasteiger partial charge on any atom is 0.494 e. The normalized spacial score (nSPS) is 17.8. The molecule has 2 aromatic carbocycles. The van der Waals surface area contributed by atoms with Crippen molar-refractivity contribution in [3.8, 4) is 5.75 Å². The molecule has 9 heteroatoms. The summed E-state index contributed by atoms with van der Waals surface area (Å²) in [5.74, 6) is 0.516. The average molecular weight is 413 g/mol. The highest BCUT2D eigenvalue weighted by molar-refractivity contribution is 6.63. The number of halogens is 1. The van der Waals surface area contributed by atoms with Gasteiger partial charge in [0.1, 0.15) is 12.4 Å². The predicted octanol–water partition coefficient (Wildman–Crippen LogP) is 1.48. The van der Waals surface area contributed by atoms with Gasteiger partial charge in [0.25, 0.3) is 0 Å². The van der Waals surface area contributed by atoms with E-state index in [2.05, 4.69) is 23.1 Å². The van der Waals surface area contributed by atoms with Crippen LogP contribution in [-0.2, 0) is 27.2 Å². The zero-order chi connectivity index (χ0) is 19.8. The van der Waals surface area contributed by atoms with E-state index in [1.165, 1.54) is 24.1 Å². The summed E-state index contributed by atoms with van der Waals surface area (Å²) in [4.78, 5) is 2.41. The second-order valence-corrected chi connectivity index (χ2v) is 7.99. The molecule has 0 amide bonds. The molecule has 1 saturated heterocycles. The summed E-state index contributed by atoms with van der Waals surface area (Å²) < 4.78 is 22.7. The first-order chi connectivity index (χ1) is 14.2. The first-order valence-electron chi connectivity index (χ1n) is 10.0. The van der Waals surface area contributed by atoms with E-state index >= 15 is 0 Å². The molecule has 0 aromatic heterocycles. The third-order valence-electron chi connectivity index (χ3n) is 5.71. The summed E-state index contributed by atoms with van der Waals surface area (Å²) in [6.45, 7) is 3.84. The predicted molar refractivity (Wildman–Crippen MR) is 113 cm³/mol. The van der Waals surface area contributed by atoms with E-state index < -0.39 is 7.12 Å². The molecule has 2 aromatic rings. The molecule has 0 aliphatic carbocycles. The zero-order valence-electron chi connectivity index (χ0n) is 16.1. The van der Waals surface area contributed by atoms with E-state index in [1.54, 1.807) is 12.1 Å². The first kappa shape index (κ1) is 19.3. The molecule has 1 N–H and O–H groups in total. The van der Waals surface area contributed by atoms with Gasteiger partial charge >= 0.3 is 14.2 Å². The zero-order valence-corrected chi connectivity index (χ0v) is 16.9. The Hall–Kier alpha value is -1.70. The molecule has 3 heterocycles. The largest absolute Gasteiger partial charge is 0.494 e. The van der Waals surface area contributed by atoms with Crippen LogP contribution in [0.3, 0.4) is 0 Å².